The molecule has 2 amide bonds. The average Bonchev–Trinajstić information content (AvgIpc) is 2.84. The molecular formula is C26H27N3O3. The molecule has 6 heteroatoms. The Morgan fingerprint density at radius 1 is 1.00 bits per heavy atom. The topological polar surface area (TPSA) is 85.5 Å². The first-order valence-corrected chi connectivity index (χ1v) is 10.8. The van der Waals surface area contributed by atoms with Crippen LogP contribution in [0.15, 0.2) is 79.1 Å². The Kier molecular flexibility index (Phi) is 6.50. The van der Waals surface area contributed by atoms with Crippen LogP contribution >= 0.6 is 0 Å². The van der Waals surface area contributed by atoms with E-state index >= 15 is 0 Å². The SMILES string of the molecule is NC(=O)[C@@]1(Cc2ccc(-c3cccnc3)cc2)CCCN(C(=O)COc2ccccc2)C1. The van der Waals surface area contributed by atoms with Gasteiger partial charge in [-0.1, -0.05) is 48.5 Å². The summed E-state index contributed by atoms with van der Waals surface area (Å²) in [5.74, 6) is 0.147. The highest BCUT2D eigenvalue weighted by Gasteiger charge is 2.42. The number of piperidine rings is 1. The molecule has 0 bridgehead atoms. The van der Waals surface area contributed by atoms with Gasteiger partial charge in [-0.25, -0.2) is 0 Å². The maximum absolute atomic E-state index is 12.8. The molecule has 3 aromatic rings. The van der Waals surface area contributed by atoms with Crippen molar-refractivity contribution < 1.29 is 14.3 Å². The molecule has 6 nitrogen and oxygen atoms in total. The second kappa shape index (κ2) is 9.64. The first-order chi connectivity index (χ1) is 15.6. The third-order valence-electron chi connectivity index (χ3n) is 6.05. The third kappa shape index (κ3) is 4.97. The highest BCUT2D eigenvalue weighted by Crippen LogP contribution is 2.34. The fraction of sp³-hybridized carbons (Fsp3) is 0.269. The van der Waals surface area contributed by atoms with E-state index in [1.165, 1.54) is 0 Å². The highest BCUT2D eigenvalue weighted by atomic mass is 16.5. The minimum atomic E-state index is -0.781. The summed E-state index contributed by atoms with van der Waals surface area (Å²) in [5, 5.41) is 0. The lowest BCUT2D eigenvalue weighted by atomic mass is 9.74. The lowest BCUT2D eigenvalue weighted by molar-refractivity contribution is -0.141. The molecule has 1 atom stereocenters. The molecule has 1 fully saturated rings. The van der Waals surface area contributed by atoms with E-state index in [2.05, 4.69) is 4.98 Å². The number of hydrogen-bond donors (Lipinski definition) is 1. The van der Waals surface area contributed by atoms with Crippen LogP contribution in [0.5, 0.6) is 5.75 Å². The van der Waals surface area contributed by atoms with Crippen LogP contribution in [0.4, 0.5) is 0 Å². The van der Waals surface area contributed by atoms with Crippen molar-refractivity contribution in [2.75, 3.05) is 19.7 Å². The third-order valence-corrected chi connectivity index (χ3v) is 6.05. The molecule has 0 saturated carbocycles. The first-order valence-electron chi connectivity index (χ1n) is 10.8. The van der Waals surface area contributed by atoms with Crippen molar-refractivity contribution in [3.63, 3.8) is 0 Å². The molecule has 1 aliphatic heterocycles. The summed E-state index contributed by atoms with van der Waals surface area (Å²) in [6.45, 7) is 0.855. The molecule has 32 heavy (non-hydrogen) atoms. The Morgan fingerprint density at radius 2 is 1.78 bits per heavy atom. The number of rotatable bonds is 7. The van der Waals surface area contributed by atoms with Gasteiger partial charge in [0.15, 0.2) is 6.61 Å². The second-order valence-corrected chi connectivity index (χ2v) is 8.28. The minimum Gasteiger partial charge on any atom is -0.484 e. The Bertz CT molecular complexity index is 1050. The molecule has 1 saturated heterocycles. The lowest BCUT2D eigenvalue weighted by Gasteiger charge is -2.41. The van der Waals surface area contributed by atoms with Gasteiger partial charge in [0, 0.05) is 25.5 Å². The molecule has 4 rings (SSSR count). The van der Waals surface area contributed by atoms with Gasteiger partial charge in [-0.05, 0) is 54.2 Å². The largest absolute Gasteiger partial charge is 0.484 e. The summed E-state index contributed by atoms with van der Waals surface area (Å²) >= 11 is 0. The van der Waals surface area contributed by atoms with E-state index in [4.69, 9.17) is 10.5 Å². The Balaban J connectivity index is 1.44. The van der Waals surface area contributed by atoms with Crippen LogP contribution in [-0.2, 0) is 16.0 Å². The van der Waals surface area contributed by atoms with Gasteiger partial charge in [0.25, 0.3) is 5.91 Å². The zero-order chi connectivity index (χ0) is 22.4. The summed E-state index contributed by atoms with van der Waals surface area (Å²) in [6.07, 6.45) is 5.46. The van der Waals surface area contributed by atoms with Crippen LogP contribution in [0.25, 0.3) is 11.1 Å². The summed E-state index contributed by atoms with van der Waals surface area (Å²) in [4.78, 5) is 31.2. The van der Waals surface area contributed by atoms with Gasteiger partial charge in [-0.3, -0.25) is 14.6 Å². The fourth-order valence-corrected chi connectivity index (χ4v) is 4.27. The molecule has 0 unspecified atom stereocenters. The van der Waals surface area contributed by atoms with Crippen molar-refractivity contribution in [2.24, 2.45) is 11.1 Å². The zero-order valence-electron chi connectivity index (χ0n) is 17.9. The van der Waals surface area contributed by atoms with Crippen LogP contribution in [0.3, 0.4) is 0 Å². The lowest BCUT2D eigenvalue weighted by Crippen LogP contribution is -2.54. The van der Waals surface area contributed by atoms with E-state index in [1.807, 2.05) is 72.9 Å². The summed E-state index contributed by atoms with van der Waals surface area (Å²) in [6, 6.07) is 21.2. The number of benzene rings is 2. The molecule has 1 aromatic heterocycles. The van der Waals surface area contributed by atoms with Crippen molar-refractivity contribution in [2.45, 2.75) is 19.3 Å². The normalized spacial score (nSPS) is 18.2. The molecule has 164 valence electrons. The number of pyridine rings is 1. The number of amides is 2. The quantitative estimate of drug-likeness (QED) is 0.623. The van der Waals surface area contributed by atoms with Crippen LogP contribution in [0.1, 0.15) is 18.4 Å². The smallest absolute Gasteiger partial charge is 0.260 e. The number of para-hydroxylation sites is 1. The number of hydrogen-bond acceptors (Lipinski definition) is 4. The number of ether oxygens (including phenoxy) is 1. The maximum atomic E-state index is 12.8. The first kappa shape index (κ1) is 21.6. The van der Waals surface area contributed by atoms with Gasteiger partial charge in [0.1, 0.15) is 5.75 Å². The Hall–Kier alpha value is -3.67. The molecule has 0 spiro atoms. The zero-order valence-corrected chi connectivity index (χ0v) is 17.9. The number of carbonyl (C=O) groups excluding carboxylic acids is 2. The van der Waals surface area contributed by atoms with Gasteiger partial charge >= 0.3 is 0 Å². The number of aromatic nitrogens is 1. The maximum Gasteiger partial charge on any atom is 0.260 e. The standard InChI is InChI=1S/C26H27N3O3/c27-25(31)26(16-20-9-11-21(12-10-20)22-6-4-14-28-17-22)13-5-15-29(19-26)24(30)18-32-23-7-2-1-3-8-23/h1-4,6-12,14,17H,5,13,15-16,18-19H2,(H2,27,31)/t26-/m1/s1. The Morgan fingerprint density at radius 3 is 2.47 bits per heavy atom. The van der Waals surface area contributed by atoms with Crippen molar-refractivity contribution >= 4 is 11.8 Å². The van der Waals surface area contributed by atoms with Crippen LogP contribution < -0.4 is 10.5 Å². The predicted molar refractivity (Wildman–Crippen MR) is 123 cm³/mol. The van der Waals surface area contributed by atoms with Crippen LogP contribution in [0, 0.1) is 5.41 Å². The van der Waals surface area contributed by atoms with Crippen LogP contribution in [-0.4, -0.2) is 41.4 Å². The van der Waals surface area contributed by atoms with Gasteiger partial charge in [0.05, 0.1) is 5.41 Å². The minimum absolute atomic E-state index is 0.0569. The molecule has 2 heterocycles. The number of nitrogens with zero attached hydrogens (tertiary/aromatic N) is 2. The summed E-state index contributed by atoms with van der Waals surface area (Å²) in [5.41, 5.74) is 8.22. The monoisotopic (exact) mass is 429 g/mol. The van der Waals surface area contributed by atoms with E-state index in [0.29, 0.717) is 31.7 Å². The predicted octanol–water partition coefficient (Wildman–Crippen LogP) is 3.46. The van der Waals surface area contributed by atoms with Crippen molar-refractivity contribution in [1.29, 1.82) is 0 Å². The van der Waals surface area contributed by atoms with E-state index < -0.39 is 5.41 Å². The van der Waals surface area contributed by atoms with E-state index in [0.717, 1.165) is 23.1 Å². The van der Waals surface area contributed by atoms with Crippen LogP contribution in [0.2, 0.25) is 0 Å². The molecule has 2 N–H and O–H groups in total. The van der Waals surface area contributed by atoms with Crippen molar-refractivity contribution in [3.05, 3.63) is 84.7 Å². The molecule has 0 radical (unpaired) electrons. The molecule has 0 aliphatic carbocycles. The fourth-order valence-electron chi connectivity index (χ4n) is 4.27. The Labute approximate surface area is 188 Å². The molecular weight excluding hydrogens is 402 g/mol. The summed E-state index contributed by atoms with van der Waals surface area (Å²) < 4.78 is 5.61. The van der Waals surface area contributed by atoms with Gasteiger partial charge < -0.3 is 15.4 Å². The van der Waals surface area contributed by atoms with Gasteiger partial charge in [-0.15, -0.1) is 0 Å². The van der Waals surface area contributed by atoms with Gasteiger partial charge in [0.2, 0.25) is 5.91 Å². The second-order valence-electron chi connectivity index (χ2n) is 8.28. The number of likely N-dealkylation sites (tertiary alicyclic amines) is 1. The highest BCUT2D eigenvalue weighted by molar-refractivity contribution is 5.84. The van der Waals surface area contributed by atoms with E-state index in [1.54, 1.807) is 11.1 Å². The average molecular weight is 430 g/mol. The number of carbonyl (C=O) groups is 2. The van der Waals surface area contributed by atoms with Gasteiger partial charge in [-0.2, -0.15) is 0 Å². The number of primary amides is 1. The van der Waals surface area contributed by atoms with Crippen molar-refractivity contribution in [1.82, 2.24) is 9.88 Å². The molecule has 1 aliphatic rings. The van der Waals surface area contributed by atoms with E-state index in [9.17, 15) is 9.59 Å². The van der Waals surface area contributed by atoms with E-state index in [-0.39, 0.29) is 18.4 Å². The van der Waals surface area contributed by atoms with Crippen molar-refractivity contribution in [3.8, 4) is 16.9 Å². The number of nitrogens with two attached hydrogens (primary N) is 1. The molecule has 2 aromatic carbocycles. The summed E-state index contributed by atoms with van der Waals surface area (Å²) in [7, 11) is 0.